The molecule has 0 N–H and O–H groups in total. The van der Waals surface area contributed by atoms with Gasteiger partial charge in [-0.05, 0) is 66.2 Å². The fourth-order valence-electron chi connectivity index (χ4n) is 6.68. The molecule has 1 saturated carbocycles. The summed E-state index contributed by atoms with van der Waals surface area (Å²) in [4.78, 5) is 13.4. The zero-order chi connectivity index (χ0) is 27.2. The van der Waals surface area contributed by atoms with Crippen molar-refractivity contribution in [3.05, 3.63) is 113 Å². The number of hydrogen-bond donors (Lipinski definition) is 0. The molecule has 39 heavy (non-hydrogen) atoms. The molecule has 0 saturated heterocycles. The molecule has 3 aromatic rings. The summed E-state index contributed by atoms with van der Waals surface area (Å²) in [5.41, 5.74) is 7.19. The number of ketones is 1. The molecule has 0 amide bonds. The number of para-hydroxylation sites is 1. The van der Waals surface area contributed by atoms with E-state index in [2.05, 4.69) is 49.4 Å². The second-order valence-electron chi connectivity index (χ2n) is 10.9. The van der Waals surface area contributed by atoms with Crippen molar-refractivity contribution in [2.45, 2.75) is 64.9 Å². The summed E-state index contributed by atoms with van der Waals surface area (Å²) in [6, 6.07) is 28.4. The van der Waals surface area contributed by atoms with Gasteiger partial charge in [0, 0.05) is 23.3 Å². The van der Waals surface area contributed by atoms with E-state index in [1.165, 1.54) is 36.0 Å². The first-order valence-electron chi connectivity index (χ1n) is 14.3. The molecule has 198 valence electrons. The van der Waals surface area contributed by atoms with Crippen molar-refractivity contribution < 1.29 is 9.53 Å². The summed E-state index contributed by atoms with van der Waals surface area (Å²) in [5, 5.41) is 9.11. The number of unbranched alkanes of at least 4 members (excludes halogenated alkanes) is 3. The Morgan fingerprint density at radius 3 is 2.49 bits per heavy atom. The maximum absolute atomic E-state index is 13.4. The molecule has 1 fully saturated rings. The Kier molecular flexibility index (Phi) is 8.13. The molecule has 0 radical (unpaired) electrons. The molecule has 0 bridgehead atoms. The molecular formula is C36H37NO2. The first-order valence-corrected chi connectivity index (χ1v) is 14.3. The monoisotopic (exact) mass is 515 g/mol. The molecule has 0 spiro atoms. The van der Waals surface area contributed by atoms with E-state index in [0.717, 1.165) is 48.1 Å². The molecule has 3 heteroatoms. The number of carbonyl (C=O) groups is 1. The summed E-state index contributed by atoms with van der Waals surface area (Å²) in [7, 11) is 0. The van der Waals surface area contributed by atoms with E-state index >= 15 is 0 Å². The lowest BCUT2D eigenvalue weighted by molar-refractivity contribution is -0.121. The number of ether oxygens (including phenoxy) is 1. The van der Waals surface area contributed by atoms with Gasteiger partial charge in [0.1, 0.15) is 18.1 Å². The standard InChI is InChI=1S/C36H37NO2/c1-3-4-5-7-14-30-23-32-33(38)21-22-36(32,35(30)29-12-8-6-9-13-29)26(2)31-15-10-11-16-34(31)39-25-28-19-17-27(24-37)18-20-28/h6,8-13,15-20,32H,2-5,7,14,21-23,25H2,1H3. The molecular weight excluding hydrogens is 478 g/mol. The van der Waals surface area contributed by atoms with Crippen molar-refractivity contribution in [2.75, 3.05) is 0 Å². The van der Waals surface area contributed by atoms with Crippen LogP contribution in [-0.2, 0) is 11.4 Å². The highest BCUT2D eigenvalue weighted by atomic mass is 16.5. The van der Waals surface area contributed by atoms with Crippen LogP contribution in [0.3, 0.4) is 0 Å². The van der Waals surface area contributed by atoms with Crippen LogP contribution >= 0.6 is 0 Å². The quantitative estimate of drug-likeness (QED) is 0.240. The van der Waals surface area contributed by atoms with E-state index < -0.39 is 5.41 Å². The summed E-state index contributed by atoms with van der Waals surface area (Å²) in [6.07, 6.45) is 8.11. The molecule has 2 aliphatic rings. The van der Waals surface area contributed by atoms with Crippen molar-refractivity contribution in [2.24, 2.45) is 11.3 Å². The van der Waals surface area contributed by atoms with E-state index in [-0.39, 0.29) is 5.92 Å². The van der Waals surface area contributed by atoms with Crippen LogP contribution in [-0.4, -0.2) is 5.78 Å². The van der Waals surface area contributed by atoms with Crippen molar-refractivity contribution in [3.8, 4) is 11.8 Å². The minimum Gasteiger partial charge on any atom is -0.488 e. The van der Waals surface area contributed by atoms with Crippen molar-refractivity contribution >= 4 is 16.9 Å². The highest BCUT2D eigenvalue weighted by molar-refractivity contribution is 6.01. The third kappa shape index (κ3) is 5.21. The smallest absolute Gasteiger partial charge is 0.137 e. The van der Waals surface area contributed by atoms with Gasteiger partial charge < -0.3 is 4.74 Å². The van der Waals surface area contributed by atoms with E-state index in [9.17, 15) is 4.79 Å². The van der Waals surface area contributed by atoms with Gasteiger partial charge in [-0.15, -0.1) is 0 Å². The number of Topliss-reactive ketones (excluding diaryl/α,β-unsaturated/α-hetero) is 1. The average Bonchev–Trinajstić information content (AvgIpc) is 3.49. The zero-order valence-electron chi connectivity index (χ0n) is 22.9. The Labute approximate surface area is 232 Å². The van der Waals surface area contributed by atoms with Gasteiger partial charge in [0.15, 0.2) is 0 Å². The fraction of sp³-hybridized carbons (Fsp3) is 0.333. The van der Waals surface area contributed by atoms with Crippen LogP contribution in [0.2, 0.25) is 0 Å². The first-order chi connectivity index (χ1) is 19.1. The second-order valence-corrected chi connectivity index (χ2v) is 10.9. The maximum atomic E-state index is 13.4. The third-order valence-corrected chi connectivity index (χ3v) is 8.62. The van der Waals surface area contributed by atoms with Gasteiger partial charge in [-0.2, -0.15) is 5.26 Å². The first kappa shape index (κ1) is 26.7. The Balaban J connectivity index is 1.52. The molecule has 2 unspecified atom stereocenters. The van der Waals surface area contributed by atoms with Gasteiger partial charge in [0.2, 0.25) is 0 Å². The largest absolute Gasteiger partial charge is 0.488 e. The Morgan fingerprint density at radius 2 is 1.74 bits per heavy atom. The summed E-state index contributed by atoms with van der Waals surface area (Å²) < 4.78 is 6.36. The van der Waals surface area contributed by atoms with Crippen LogP contribution in [0.25, 0.3) is 11.1 Å². The van der Waals surface area contributed by atoms with E-state index in [1.807, 2.05) is 42.5 Å². The van der Waals surface area contributed by atoms with Crippen LogP contribution < -0.4 is 4.74 Å². The van der Waals surface area contributed by atoms with Gasteiger partial charge in [-0.25, -0.2) is 0 Å². The van der Waals surface area contributed by atoms with Crippen LogP contribution in [0.1, 0.15) is 80.5 Å². The number of carbonyl (C=O) groups excluding carboxylic acids is 1. The van der Waals surface area contributed by atoms with Crippen molar-refractivity contribution in [1.82, 2.24) is 0 Å². The van der Waals surface area contributed by atoms with Crippen LogP contribution in [0.5, 0.6) is 5.75 Å². The predicted molar refractivity (Wildman–Crippen MR) is 158 cm³/mol. The number of hydrogen-bond acceptors (Lipinski definition) is 3. The SMILES string of the molecule is C=C(c1ccccc1OCc1ccc(C#N)cc1)C12CCC(=O)C1CC(CCCCCC)=C2c1ccccc1. The molecule has 0 aliphatic heterocycles. The number of fused-ring (bicyclic) bond motifs is 1. The van der Waals surface area contributed by atoms with Crippen LogP contribution in [0.4, 0.5) is 0 Å². The molecule has 2 atom stereocenters. The lowest BCUT2D eigenvalue weighted by Gasteiger charge is -2.36. The number of allylic oxidation sites excluding steroid dienone is 3. The zero-order valence-corrected chi connectivity index (χ0v) is 22.9. The summed E-state index contributed by atoms with van der Waals surface area (Å²) in [6.45, 7) is 7.37. The Bertz CT molecular complexity index is 1410. The van der Waals surface area contributed by atoms with E-state index in [0.29, 0.717) is 24.4 Å². The molecule has 2 aliphatic carbocycles. The molecule has 3 aromatic carbocycles. The lowest BCUT2D eigenvalue weighted by atomic mass is 9.66. The molecule has 0 heterocycles. The van der Waals surface area contributed by atoms with Crippen molar-refractivity contribution in [3.63, 3.8) is 0 Å². The second kappa shape index (κ2) is 11.9. The minimum absolute atomic E-state index is 0.0621. The lowest BCUT2D eigenvalue weighted by Crippen LogP contribution is -2.27. The van der Waals surface area contributed by atoms with Gasteiger partial charge >= 0.3 is 0 Å². The van der Waals surface area contributed by atoms with E-state index in [1.54, 1.807) is 0 Å². The Morgan fingerprint density at radius 1 is 1.00 bits per heavy atom. The summed E-state index contributed by atoms with van der Waals surface area (Å²) >= 11 is 0. The molecule has 3 nitrogen and oxygen atoms in total. The van der Waals surface area contributed by atoms with E-state index in [4.69, 9.17) is 16.6 Å². The molecule has 5 rings (SSSR count). The normalized spacial score (nSPS) is 20.1. The molecule has 0 aromatic heterocycles. The number of nitriles is 1. The summed E-state index contributed by atoms with van der Waals surface area (Å²) in [5.74, 6) is 1.08. The maximum Gasteiger partial charge on any atom is 0.137 e. The van der Waals surface area contributed by atoms with Crippen LogP contribution in [0.15, 0.2) is 91.0 Å². The Hall–Kier alpha value is -3.90. The minimum atomic E-state index is -0.410. The van der Waals surface area contributed by atoms with Crippen molar-refractivity contribution in [1.29, 1.82) is 5.26 Å². The third-order valence-electron chi connectivity index (χ3n) is 8.62. The number of rotatable bonds is 11. The fourth-order valence-corrected chi connectivity index (χ4v) is 6.68. The van der Waals surface area contributed by atoms with Gasteiger partial charge in [0.05, 0.1) is 11.6 Å². The number of nitrogens with zero attached hydrogens (tertiary/aromatic N) is 1. The van der Waals surface area contributed by atoms with Crippen LogP contribution in [0, 0.1) is 22.7 Å². The van der Waals surface area contributed by atoms with Gasteiger partial charge in [-0.3, -0.25) is 4.79 Å². The number of benzene rings is 3. The average molecular weight is 516 g/mol. The predicted octanol–water partition coefficient (Wildman–Crippen LogP) is 8.94. The van der Waals surface area contributed by atoms with Gasteiger partial charge in [-0.1, -0.05) is 99.0 Å². The topological polar surface area (TPSA) is 50.1 Å². The highest BCUT2D eigenvalue weighted by Gasteiger charge is 2.57. The van der Waals surface area contributed by atoms with Gasteiger partial charge in [0.25, 0.3) is 0 Å². The highest BCUT2D eigenvalue weighted by Crippen LogP contribution is 2.65.